The third-order valence-corrected chi connectivity index (χ3v) is 4.52. The van der Waals surface area contributed by atoms with E-state index in [1.807, 2.05) is 6.20 Å². The summed E-state index contributed by atoms with van der Waals surface area (Å²) in [6, 6.07) is 7.21. The van der Waals surface area contributed by atoms with E-state index in [4.69, 9.17) is 0 Å². The zero-order valence-corrected chi connectivity index (χ0v) is 12.2. The Balaban J connectivity index is 1.67. The van der Waals surface area contributed by atoms with Gasteiger partial charge in [0.15, 0.2) is 5.16 Å². The lowest BCUT2D eigenvalue weighted by molar-refractivity contribution is 0.685. The van der Waals surface area contributed by atoms with E-state index < -0.39 is 0 Å². The maximum absolute atomic E-state index is 4.21. The molecule has 5 heteroatoms. The number of aromatic nitrogens is 2. The van der Waals surface area contributed by atoms with Crippen molar-refractivity contribution in [1.29, 1.82) is 0 Å². The van der Waals surface area contributed by atoms with Gasteiger partial charge >= 0.3 is 0 Å². The van der Waals surface area contributed by atoms with Gasteiger partial charge in [-0.15, -0.1) is 0 Å². The molecule has 2 aromatic rings. The van der Waals surface area contributed by atoms with E-state index in [9.17, 15) is 0 Å². The Bertz CT molecular complexity index is 523. The van der Waals surface area contributed by atoms with Gasteiger partial charge in [-0.2, -0.15) is 0 Å². The summed E-state index contributed by atoms with van der Waals surface area (Å²) in [5, 5.41) is 4.45. The van der Waals surface area contributed by atoms with Gasteiger partial charge in [0.2, 0.25) is 0 Å². The molecule has 0 amide bonds. The average molecular weight is 324 g/mol. The molecule has 1 aromatic heterocycles. The lowest BCUT2D eigenvalue weighted by Gasteiger charge is -2.07. The first kappa shape index (κ1) is 12.3. The largest absolute Gasteiger partial charge is 0.339 e. The normalized spacial score (nSPS) is 14.9. The number of H-pyrrole nitrogens is 1. The summed E-state index contributed by atoms with van der Waals surface area (Å²) >= 11 is 5.27. The van der Waals surface area contributed by atoms with Gasteiger partial charge in [0.1, 0.15) is 0 Å². The van der Waals surface area contributed by atoms with Crippen molar-refractivity contribution in [3.63, 3.8) is 0 Å². The molecule has 0 unspecified atom stereocenters. The fourth-order valence-corrected chi connectivity index (χ4v) is 3.14. The molecule has 1 fully saturated rings. The van der Waals surface area contributed by atoms with Gasteiger partial charge in [-0.05, 0) is 30.5 Å². The minimum Gasteiger partial charge on any atom is -0.339 e. The molecule has 1 aliphatic carbocycles. The molecule has 2 N–H and O–H groups in total. The summed E-state index contributed by atoms with van der Waals surface area (Å²) in [4.78, 5) is 8.49. The molecule has 0 bridgehead atoms. The van der Waals surface area contributed by atoms with E-state index in [1.165, 1.54) is 23.3 Å². The fourth-order valence-electron chi connectivity index (χ4n) is 1.69. The molecule has 1 saturated carbocycles. The summed E-state index contributed by atoms with van der Waals surface area (Å²) < 4.78 is 1.16. The fraction of sp³-hybridized carbons (Fsp3) is 0.308. The molecule has 0 saturated heterocycles. The van der Waals surface area contributed by atoms with Crippen molar-refractivity contribution in [2.24, 2.45) is 0 Å². The van der Waals surface area contributed by atoms with E-state index in [-0.39, 0.29) is 0 Å². The third kappa shape index (κ3) is 3.16. The van der Waals surface area contributed by atoms with Crippen LogP contribution in [-0.4, -0.2) is 16.0 Å². The van der Waals surface area contributed by atoms with Gasteiger partial charge in [-0.25, -0.2) is 4.98 Å². The number of hydrogen-bond donors (Lipinski definition) is 2. The number of halogens is 1. The van der Waals surface area contributed by atoms with E-state index in [1.54, 1.807) is 18.0 Å². The van der Waals surface area contributed by atoms with Crippen LogP contribution in [0.3, 0.4) is 0 Å². The summed E-state index contributed by atoms with van der Waals surface area (Å²) in [5.41, 5.74) is 1.31. The van der Waals surface area contributed by atoms with E-state index in [0.717, 1.165) is 22.2 Å². The SMILES string of the molecule is Brc1cc(Sc2ncc[nH]2)ccc1CNC1CC1. The highest BCUT2D eigenvalue weighted by Gasteiger charge is 2.20. The number of hydrogen-bond acceptors (Lipinski definition) is 3. The van der Waals surface area contributed by atoms with Crippen molar-refractivity contribution in [2.45, 2.75) is 35.5 Å². The predicted octanol–water partition coefficient (Wildman–Crippen LogP) is 3.58. The minimum atomic E-state index is 0.745. The first-order valence-electron chi connectivity index (χ1n) is 6.00. The molecule has 18 heavy (non-hydrogen) atoms. The Kier molecular flexibility index (Phi) is 3.72. The maximum Gasteiger partial charge on any atom is 0.170 e. The van der Waals surface area contributed by atoms with Gasteiger partial charge in [-0.3, -0.25) is 0 Å². The monoisotopic (exact) mass is 323 g/mol. The van der Waals surface area contributed by atoms with Crippen LogP contribution >= 0.6 is 27.7 Å². The van der Waals surface area contributed by atoms with Gasteiger partial charge in [0.05, 0.1) is 0 Å². The first-order valence-corrected chi connectivity index (χ1v) is 7.61. The molecule has 0 aliphatic heterocycles. The van der Waals surface area contributed by atoms with Crippen LogP contribution in [0.5, 0.6) is 0 Å². The van der Waals surface area contributed by atoms with Crippen LogP contribution < -0.4 is 5.32 Å². The highest BCUT2D eigenvalue weighted by atomic mass is 79.9. The topological polar surface area (TPSA) is 40.7 Å². The molecular weight excluding hydrogens is 310 g/mol. The van der Waals surface area contributed by atoms with Crippen LogP contribution in [0, 0.1) is 0 Å². The van der Waals surface area contributed by atoms with Crippen LogP contribution in [0.25, 0.3) is 0 Å². The molecule has 3 rings (SSSR count). The molecule has 1 heterocycles. The zero-order valence-electron chi connectivity index (χ0n) is 9.82. The van der Waals surface area contributed by atoms with Gasteiger partial charge in [0, 0.05) is 34.3 Å². The van der Waals surface area contributed by atoms with Crippen molar-refractivity contribution >= 4 is 27.7 Å². The number of aromatic amines is 1. The molecule has 0 spiro atoms. The van der Waals surface area contributed by atoms with Crippen molar-refractivity contribution in [3.05, 3.63) is 40.6 Å². The van der Waals surface area contributed by atoms with Crippen LogP contribution in [0.2, 0.25) is 0 Å². The van der Waals surface area contributed by atoms with Crippen LogP contribution in [0.4, 0.5) is 0 Å². The van der Waals surface area contributed by atoms with Crippen molar-refractivity contribution in [3.8, 4) is 0 Å². The quantitative estimate of drug-likeness (QED) is 0.883. The highest BCUT2D eigenvalue weighted by molar-refractivity contribution is 9.10. The smallest absolute Gasteiger partial charge is 0.170 e. The average Bonchev–Trinajstić information content (AvgIpc) is 3.05. The van der Waals surface area contributed by atoms with Crippen LogP contribution in [0.1, 0.15) is 18.4 Å². The number of nitrogens with one attached hydrogen (secondary N) is 2. The minimum absolute atomic E-state index is 0.745. The van der Waals surface area contributed by atoms with Crippen LogP contribution in [-0.2, 0) is 6.54 Å². The van der Waals surface area contributed by atoms with Crippen molar-refractivity contribution in [1.82, 2.24) is 15.3 Å². The van der Waals surface area contributed by atoms with E-state index >= 15 is 0 Å². The number of rotatable bonds is 5. The van der Waals surface area contributed by atoms with Gasteiger partial charge in [-0.1, -0.05) is 33.8 Å². The Hall–Kier alpha value is -0.780. The van der Waals surface area contributed by atoms with Crippen LogP contribution in [0.15, 0.2) is 45.1 Å². The lowest BCUT2D eigenvalue weighted by atomic mass is 10.2. The molecule has 0 radical (unpaired) electrons. The summed E-state index contributed by atoms with van der Waals surface area (Å²) in [7, 11) is 0. The lowest BCUT2D eigenvalue weighted by Crippen LogP contribution is -2.15. The molecule has 94 valence electrons. The Labute approximate surface area is 119 Å². The maximum atomic E-state index is 4.21. The van der Waals surface area contributed by atoms with Crippen molar-refractivity contribution in [2.75, 3.05) is 0 Å². The number of nitrogens with zero attached hydrogens (tertiary/aromatic N) is 1. The zero-order chi connectivity index (χ0) is 12.4. The molecule has 1 aromatic carbocycles. The van der Waals surface area contributed by atoms with E-state index in [2.05, 4.69) is 49.4 Å². The Morgan fingerprint density at radius 2 is 2.33 bits per heavy atom. The Morgan fingerprint density at radius 1 is 1.44 bits per heavy atom. The second-order valence-electron chi connectivity index (χ2n) is 4.40. The highest BCUT2D eigenvalue weighted by Crippen LogP contribution is 2.29. The number of benzene rings is 1. The standard InChI is InChI=1S/C13H14BrN3S/c14-12-7-11(18-13-15-5-6-16-13)4-1-9(12)8-17-10-2-3-10/h1,4-7,10,17H,2-3,8H2,(H,15,16). The second-order valence-corrected chi connectivity index (χ2v) is 6.32. The van der Waals surface area contributed by atoms with Gasteiger partial charge < -0.3 is 10.3 Å². The first-order chi connectivity index (χ1) is 8.81. The predicted molar refractivity (Wildman–Crippen MR) is 76.7 cm³/mol. The molecular formula is C13H14BrN3S. The summed E-state index contributed by atoms with van der Waals surface area (Å²) in [6.07, 6.45) is 6.25. The second kappa shape index (κ2) is 5.47. The molecule has 3 nitrogen and oxygen atoms in total. The molecule has 1 aliphatic rings. The Morgan fingerprint density at radius 3 is 3.00 bits per heavy atom. The summed E-state index contributed by atoms with van der Waals surface area (Å²) in [6.45, 7) is 0.941. The van der Waals surface area contributed by atoms with E-state index in [0.29, 0.717) is 0 Å². The number of imidazole rings is 1. The van der Waals surface area contributed by atoms with Gasteiger partial charge in [0.25, 0.3) is 0 Å². The summed E-state index contributed by atoms with van der Waals surface area (Å²) in [5.74, 6) is 0. The van der Waals surface area contributed by atoms with Crippen molar-refractivity contribution < 1.29 is 0 Å². The third-order valence-electron chi connectivity index (χ3n) is 2.87. The molecule has 0 atom stereocenters.